The van der Waals surface area contributed by atoms with Gasteiger partial charge in [0.1, 0.15) is 11.6 Å². The van der Waals surface area contributed by atoms with E-state index in [0.29, 0.717) is 31.5 Å². The molecule has 2 rings (SSSR count). The van der Waals surface area contributed by atoms with Crippen molar-refractivity contribution < 1.29 is 9.53 Å². The first-order valence-corrected chi connectivity index (χ1v) is 8.63. The van der Waals surface area contributed by atoms with Gasteiger partial charge in [-0.3, -0.25) is 4.79 Å². The lowest BCUT2D eigenvalue weighted by Gasteiger charge is -2.09. The van der Waals surface area contributed by atoms with Crippen LogP contribution in [0, 0.1) is 18.3 Å². The quantitative estimate of drug-likeness (QED) is 0.496. The Labute approximate surface area is 164 Å². The van der Waals surface area contributed by atoms with Gasteiger partial charge in [0.15, 0.2) is 5.75 Å². The number of ether oxygens (including phenoxy) is 1. The number of hydrogen-bond acceptors (Lipinski definition) is 3. The van der Waals surface area contributed by atoms with Crippen molar-refractivity contribution in [1.29, 1.82) is 5.26 Å². The van der Waals surface area contributed by atoms with Crippen LogP contribution in [0.15, 0.2) is 40.4 Å². The number of nitriles is 1. The van der Waals surface area contributed by atoms with Crippen molar-refractivity contribution in [1.82, 2.24) is 0 Å². The lowest BCUT2D eigenvalue weighted by atomic mass is 10.1. The van der Waals surface area contributed by atoms with E-state index >= 15 is 0 Å². The SMILES string of the molecule is COc1c(Cl)cc(/C=C(/C#N)C(=O)Nc2cccc(Cl)c2C)cc1Br. The summed E-state index contributed by atoms with van der Waals surface area (Å²) in [4.78, 5) is 12.4. The van der Waals surface area contributed by atoms with E-state index in [0.717, 1.165) is 5.56 Å². The van der Waals surface area contributed by atoms with Gasteiger partial charge in [0, 0.05) is 10.7 Å². The number of nitrogens with one attached hydrogen (secondary N) is 1. The van der Waals surface area contributed by atoms with E-state index in [1.165, 1.54) is 13.2 Å². The van der Waals surface area contributed by atoms with Gasteiger partial charge in [-0.05, 0) is 64.3 Å². The van der Waals surface area contributed by atoms with Crippen molar-refractivity contribution in [3.8, 4) is 11.8 Å². The van der Waals surface area contributed by atoms with Crippen molar-refractivity contribution in [3.05, 3.63) is 61.5 Å². The highest BCUT2D eigenvalue weighted by atomic mass is 79.9. The second kappa shape index (κ2) is 8.39. The number of rotatable bonds is 4. The van der Waals surface area contributed by atoms with Gasteiger partial charge in [0.25, 0.3) is 5.91 Å². The minimum absolute atomic E-state index is 0.0625. The Balaban J connectivity index is 2.33. The summed E-state index contributed by atoms with van der Waals surface area (Å²) < 4.78 is 5.78. The summed E-state index contributed by atoms with van der Waals surface area (Å²) in [5.74, 6) is -0.0488. The highest BCUT2D eigenvalue weighted by molar-refractivity contribution is 9.10. The van der Waals surface area contributed by atoms with Crippen LogP contribution in [0.2, 0.25) is 10.0 Å². The van der Waals surface area contributed by atoms with E-state index in [-0.39, 0.29) is 5.57 Å². The van der Waals surface area contributed by atoms with E-state index in [1.807, 2.05) is 6.07 Å². The average Bonchev–Trinajstić information content (AvgIpc) is 2.56. The topological polar surface area (TPSA) is 62.1 Å². The molecule has 25 heavy (non-hydrogen) atoms. The van der Waals surface area contributed by atoms with Crippen molar-refractivity contribution in [2.45, 2.75) is 6.92 Å². The van der Waals surface area contributed by atoms with Crippen LogP contribution in [-0.4, -0.2) is 13.0 Å². The molecule has 0 heterocycles. The molecule has 0 radical (unpaired) electrons. The van der Waals surface area contributed by atoms with Gasteiger partial charge < -0.3 is 10.1 Å². The maximum atomic E-state index is 12.4. The fourth-order valence-electron chi connectivity index (χ4n) is 2.11. The number of halogens is 3. The summed E-state index contributed by atoms with van der Waals surface area (Å²) in [6.07, 6.45) is 1.45. The molecular weight excluding hydrogens is 427 g/mol. The molecule has 0 aliphatic rings. The Bertz CT molecular complexity index is 881. The van der Waals surface area contributed by atoms with E-state index in [2.05, 4.69) is 21.2 Å². The van der Waals surface area contributed by atoms with E-state index in [1.54, 1.807) is 37.3 Å². The third kappa shape index (κ3) is 4.55. The molecule has 7 heteroatoms. The number of benzene rings is 2. The first-order chi connectivity index (χ1) is 11.9. The second-order valence-corrected chi connectivity index (χ2v) is 6.72. The minimum atomic E-state index is -0.532. The maximum absolute atomic E-state index is 12.4. The molecule has 0 saturated heterocycles. The highest BCUT2D eigenvalue weighted by Gasteiger charge is 2.13. The minimum Gasteiger partial charge on any atom is -0.494 e. The molecule has 0 aliphatic carbocycles. The molecule has 128 valence electrons. The molecule has 0 spiro atoms. The van der Waals surface area contributed by atoms with Crippen LogP contribution in [-0.2, 0) is 4.79 Å². The zero-order valence-corrected chi connectivity index (χ0v) is 16.5. The van der Waals surface area contributed by atoms with Crippen molar-refractivity contribution in [2.75, 3.05) is 12.4 Å². The number of carbonyl (C=O) groups excluding carboxylic acids is 1. The predicted molar refractivity (Wildman–Crippen MR) is 104 cm³/mol. The number of methoxy groups -OCH3 is 1. The van der Waals surface area contributed by atoms with Crippen molar-refractivity contribution in [2.24, 2.45) is 0 Å². The van der Waals surface area contributed by atoms with Crippen molar-refractivity contribution in [3.63, 3.8) is 0 Å². The van der Waals surface area contributed by atoms with E-state index in [9.17, 15) is 10.1 Å². The van der Waals surface area contributed by atoms with Crippen LogP contribution >= 0.6 is 39.1 Å². The van der Waals surface area contributed by atoms with Gasteiger partial charge in [-0.15, -0.1) is 0 Å². The smallest absolute Gasteiger partial charge is 0.266 e. The first-order valence-electron chi connectivity index (χ1n) is 7.08. The third-order valence-electron chi connectivity index (χ3n) is 3.42. The Morgan fingerprint density at radius 3 is 2.64 bits per heavy atom. The Morgan fingerprint density at radius 2 is 2.04 bits per heavy atom. The zero-order chi connectivity index (χ0) is 18.6. The zero-order valence-electron chi connectivity index (χ0n) is 13.4. The summed E-state index contributed by atoms with van der Waals surface area (Å²) in [7, 11) is 1.50. The van der Waals surface area contributed by atoms with Crippen LogP contribution in [0.1, 0.15) is 11.1 Å². The van der Waals surface area contributed by atoms with Crippen molar-refractivity contribution >= 4 is 56.8 Å². The van der Waals surface area contributed by atoms with E-state index < -0.39 is 5.91 Å². The maximum Gasteiger partial charge on any atom is 0.266 e. The average molecular weight is 440 g/mol. The molecule has 1 N–H and O–H groups in total. The number of anilines is 1. The number of nitrogens with zero attached hydrogens (tertiary/aromatic N) is 1. The Hall–Kier alpha value is -2.00. The third-order valence-corrected chi connectivity index (χ3v) is 4.70. The normalized spacial score (nSPS) is 11.0. The predicted octanol–water partition coefficient (Wildman–Crippen LogP) is 5.62. The van der Waals surface area contributed by atoms with E-state index in [4.69, 9.17) is 27.9 Å². The largest absolute Gasteiger partial charge is 0.494 e. The molecule has 0 unspecified atom stereocenters. The molecule has 2 aromatic rings. The standard InChI is InChI=1S/C18H13BrCl2N2O2/c1-10-14(20)4-3-5-16(10)23-18(24)12(9-22)6-11-7-13(19)17(25-2)15(21)8-11/h3-8H,1-2H3,(H,23,24)/b12-6-. The molecule has 1 amide bonds. The summed E-state index contributed by atoms with van der Waals surface area (Å²) >= 11 is 15.5. The summed E-state index contributed by atoms with van der Waals surface area (Å²) in [6.45, 7) is 1.79. The molecule has 0 aromatic heterocycles. The fourth-order valence-corrected chi connectivity index (χ4v) is 3.34. The molecule has 2 aromatic carbocycles. The highest BCUT2D eigenvalue weighted by Crippen LogP contribution is 2.34. The van der Waals surface area contributed by atoms with Crippen LogP contribution in [0.5, 0.6) is 5.75 Å². The second-order valence-electron chi connectivity index (χ2n) is 5.05. The number of amides is 1. The molecule has 0 aliphatic heterocycles. The van der Waals surface area contributed by atoms with Crippen LogP contribution in [0.3, 0.4) is 0 Å². The van der Waals surface area contributed by atoms with Gasteiger partial charge >= 0.3 is 0 Å². The number of hydrogen-bond donors (Lipinski definition) is 1. The van der Waals surface area contributed by atoms with Gasteiger partial charge in [0.05, 0.1) is 16.6 Å². The van der Waals surface area contributed by atoms with Crippen LogP contribution in [0.4, 0.5) is 5.69 Å². The lowest BCUT2D eigenvalue weighted by molar-refractivity contribution is -0.112. The molecule has 0 atom stereocenters. The monoisotopic (exact) mass is 438 g/mol. The first kappa shape index (κ1) is 19.3. The summed E-state index contributed by atoms with van der Waals surface area (Å²) in [5.41, 5.74) is 1.80. The summed E-state index contributed by atoms with van der Waals surface area (Å²) in [6, 6.07) is 10.4. The van der Waals surface area contributed by atoms with Crippen LogP contribution in [0.25, 0.3) is 6.08 Å². The summed E-state index contributed by atoms with van der Waals surface area (Å²) in [5, 5.41) is 12.9. The molecule has 0 saturated carbocycles. The Morgan fingerprint density at radius 1 is 1.32 bits per heavy atom. The van der Waals surface area contributed by atoms with Gasteiger partial charge in [-0.1, -0.05) is 29.3 Å². The molecule has 0 fully saturated rings. The molecular formula is C18H13BrCl2N2O2. The fraction of sp³-hybridized carbons (Fsp3) is 0.111. The van der Waals surface area contributed by atoms with Gasteiger partial charge in [-0.2, -0.15) is 5.26 Å². The Kier molecular flexibility index (Phi) is 6.49. The molecule has 0 bridgehead atoms. The van der Waals surface area contributed by atoms with Gasteiger partial charge in [-0.25, -0.2) is 0 Å². The molecule has 4 nitrogen and oxygen atoms in total. The van der Waals surface area contributed by atoms with Gasteiger partial charge in [0.2, 0.25) is 0 Å². The van der Waals surface area contributed by atoms with Crippen LogP contribution < -0.4 is 10.1 Å². The lowest BCUT2D eigenvalue weighted by Crippen LogP contribution is -2.14. The number of carbonyl (C=O) groups is 1.